The van der Waals surface area contributed by atoms with Crippen LogP contribution >= 0.6 is 0 Å². The predicted molar refractivity (Wildman–Crippen MR) is 72.0 cm³/mol. The number of nitrogens with one attached hydrogen (secondary N) is 1. The van der Waals surface area contributed by atoms with Gasteiger partial charge in [0.15, 0.2) is 0 Å². The SMILES string of the molecule is Nc1ccccc1NC(=O)CCc1ccccn1. The molecule has 1 amide bonds. The van der Waals surface area contributed by atoms with Gasteiger partial charge >= 0.3 is 0 Å². The van der Waals surface area contributed by atoms with E-state index in [1.54, 1.807) is 18.3 Å². The van der Waals surface area contributed by atoms with Crippen LogP contribution in [0.3, 0.4) is 0 Å². The molecule has 0 aliphatic heterocycles. The van der Waals surface area contributed by atoms with Gasteiger partial charge in [-0.15, -0.1) is 0 Å². The van der Waals surface area contributed by atoms with Gasteiger partial charge in [0, 0.05) is 18.3 Å². The smallest absolute Gasteiger partial charge is 0.224 e. The Balaban J connectivity index is 1.88. The van der Waals surface area contributed by atoms with E-state index in [1.807, 2.05) is 30.3 Å². The Morgan fingerprint density at radius 3 is 2.67 bits per heavy atom. The summed E-state index contributed by atoms with van der Waals surface area (Å²) in [5.74, 6) is -0.0569. The number of para-hydroxylation sites is 2. The fourth-order valence-electron chi connectivity index (χ4n) is 1.61. The number of anilines is 2. The second-order valence-corrected chi connectivity index (χ2v) is 3.96. The van der Waals surface area contributed by atoms with Crippen molar-refractivity contribution in [1.82, 2.24) is 4.98 Å². The van der Waals surface area contributed by atoms with E-state index in [1.165, 1.54) is 0 Å². The molecule has 0 fully saturated rings. The third-order valence-electron chi connectivity index (χ3n) is 2.57. The number of aromatic nitrogens is 1. The fraction of sp³-hybridized carbons (Fsp3) is 0.143. The van der Waals surface area contributed by atoms with E-state index >= 15 is 0 Å². The summed E-state index contributed by atoms with van der Waals surface area (Å²) in [5.41, 5.74) is 7.89. The molecule has 1 heterocycles. The molecule has 0 aliphatic carbocycles. The van der Waals surface area contributed by atoms with Crippen molar-refractivity contribution in [2.45, 2.75) is 12.8 Å². The molecule has 4 heteroatoms. The van der Waals surface area contributed by atoms with Gasteiger partial charge in [-0.2, -0.15) is 0 Å². The quantitative estimate of drug-likeness (QED) is 0.806. The number of pyridine rings is 1. The first kappa shape index (κ1) is 12.1. The third kappa shape index (κ3) is 3.31. The van der Waals surface area contributed by atoms with Crippen molar-refractivity contribution in [1.29, 1.82) is 0 Å². The molecular formula is C14H15N3O. The standard InChI is InChI=1S/C14H15N3O/c15-12-6-1-2-7-13(12)17-14(18)9-8-11-5-3-4-10-16-11/h1-7,10H,8-9,15H2,(H,17,18). The van der Waals surface area contributed by atoms with E-state index in [0.29, 0.717) is 24.2 Å². The molecule has 0 atom stereocenters. The summed E-state index contributed by atoms with van der Waals surface area (Å²) in [6.45, 7) is 0. The molecule has 18 heavy (non-hydrogen) atoms. The first-order valence-corrected chi connectivity index (χ1v) is 5.80. The van der Waals surface area contributed by atoms with Gasteiger partial charge in [0.2, 0.25) is 5.91 Å². The van der Waals surface area contributed by atoms with Crippen LogP contribution in [0.4, 0.5) is 11.4 Å². The molecule has 0 aliphatic rings. The lowest BCUT2D eigenvalue weighted by Gasteiger charge is -2.07. The Labute approximate surface area is 106 Å². The van der Waals surface area contributed by atoms with E-state index in [4.69, 9.17) is 5.73 Å². The van der Waals surface area contributed by atoms with Crippen LogP contribution in [-0.4, -0.2) is 10.9 Å². The summed E-state index contributed by atoms with van der Waals surface area (Å²) < 4.78 is 0. The maximum atomic E-state index is 11.7. The number of carbonyl (C=O) groups is 1. The lowest BCUT2D eigenvalue weighted by molar-refractivity contribution is -0.116. The zero-order valence-electron chi connectivity index (χ0n) is 9.97. The molecule has 0 saturated carbocycles. The molecule has 1 aromatic heterocycles. The zero-order valence-corrected chi connectivity index (χ0v) is 9.97. The molecule has 0 bridgehead atoms. The van der Waals surface area contributed by atoms with Gasteiger partial charge < -0.3 is 11.1 Å². The van der Waals surface area contributed by atoms with Crippen molar-refractivity contribution in [2.75, 3.05) is 11.1 Å². The number of hydrogen-bond donors (Lipinski definition) is 2. The lowest BCUT2D eigenvalue weighted by Crippen LogP contribution is -2.13. The van der Waals surface area contributed by atoms with Gasteiger partial charge in [-0.25, -0.2) is 0 Å². The average molecular weight is 241 g/mol. The monoisotopic (exact) mass is 241 g/mol. The Hall–Kier alpha value is -2.36. The number of benzene rings is 1. The highest BCUT2D eigenvalue weighted by Crippen LogP contribution is 2.16. The van der Waals surface area contributed by atoms with E-state index in [0.717, 1.165) is 5.69 Å². The minimum Gasteiger partial charge on any atom is -0.397 e. The number of nitrogens with two attached hydrogens (primary N) is 1. The number of nitrogens with zero attached hydrogens (tertiary/aromatic N) is 1. The van der Waals surface area contributed by atoms with E-state index in [9.17, 15) is 4.79 Å². The molecule has 0 spiro atoms. The Morgan fingerprint density at radius 1 is 1.17 bits per heavy atom. The Morgan fingerprint density at radius 2 is 1.94 bits per heavy atom. The van der Waals surface area contributed by atoms with Gasteiger partial charge in [-0.3, -0.25) is 9.78 Å². The summed E-state index contributed by atoms with van der Waals surface area (Å²) in [6.07, 6.45) is 2.74. The molecule has 2 aromatic rings. The summed E-state index contributed by atoms with van der Waals surface area (Å²) >= 11 is 0. The fourth-order valence-corrected chi connectivity index (χ4v) is 1.61. The van der Waals surface area contributed by atoms with Crippen molar-refractivity contribution in [2.24, 2.45) is 0 Å². The molecule has 0 radical (unpaired) electrons. The number of rotatable bonds is 4. The van der Waals surface area contributed by atoms with Crippen molar-refractivity contribution < 1.29 is 4.79 Å². The normalized spacial score (nSPS) is 10.0. The molecule has 0 unspecified atom stereocenters. The number of amides is 1. The maximum absolute atomic E-state index is 11.7. The topological polar surface area (TPSA) is 68.0 Å². The number of carbonyl (C=O) groups excluding carboxylic acids is 1. The summed E-state index contributed by atoms with van der Waals surface area (Å²) in [5, 5.41) is 2.79. The largest absolute Gasteiger partial charge is 0.397 e. The van der Waals surface area contributed by atoms with Crippen LogP contribution in [0.15, 0.2) is 48.7 Å². The number of nitrogen functional groups attached to an aromatic ring is 1. The van der Waals surface area contributed by atoms with Crippen LogP contribution in [-0.2, 0) is 11.2 Å². The van der Waals surface area contributed by atoms with E-state index in [-0.39, 0.29) is 5.91 Å². The zero-order chi connectivity index (χ0) is 12.8. The highest BCUT2D eigenvalue weighted by molar-refractivity contribution is 5.93. The summed E-state index contributed by atoms with van der Waals surface area (Å²) in [7, 11) is 0. The van der Waals surface area contributed by atoms with Crippen molar-refractivity contribution >= 4 is 17.3 Å². The van der Waals surface area contributed by atoms with Gasteiger partial charge in [-0.1, -0.05) is 18.2 Å². The van der Waals surface area contributed by atoms with Gasteiger partial charge in [0.1, 0.15) is 0 Å². The van der Waals surface area contributed by atoms with Crippen LogP contribution in [0.2, 0.25) is 0 Å². The predicted octanol–water partition coefficient (Wildman–Crippen LogP) is 2.24. The Bertz CT molecular complexity index is 526. The van der Waals surface area contributed by atoms with Crippen LogP contribution in [0.1, 0.15) is 12.1 Å². The second-order valence-electron chi connectivity index (χ2n) is 3.96. The second kappa shape index (κ2) is 5.82. The van der Waals surface area contributed by atoms with E-state index in [2.05, 4.69) is 10.3 Å². The van der Waals surface area contributed by atoms with Crippen LogP contribution in [0.25, 0.3) is 0 Å². The number of hydrogen-bond acceptors (Lipinski definition) is 3. The molecule has 0 saturated heterocycles. The lowest BCUT2D eigenvalue weighted by atomic mass is 10.2. The van der Waals surface area contributed by atoms with Crippen molar-refractivity contribution in [3.05, 3.63) is 54.4 Å². The highest BCUT2D eigenvalue weighted by atomic mass is 16.1. The van der Waals surface area contributed by atoms with Gasteiger partial charge in [-0.05, 0) is 30.7 Å². The maximum Gasteiger partial charge on any atom is 0.224 e. The highest BCUT2D eigenvalue weighted by Gasteiger charge is 2.05. The average Bonchev–Trinajstić information content (AvgIpc) is 2.40. The first-order valence-electron chi connectivity index (χ1n) is 5.80. The van der Waals surface area contributed by atoms with E-state index < -0.39 is 0 Å². The summed E-state index contributed by atoms with van der Waals surface area (Å²) in [6, 6.07) is 12.9. The first-order chi connectivity index (χ1) is 8.75. The van der Waals surface area contributed by atoms with Gasteiger partial charge in [0.25, 0.3) is 0 Å². The summed E-state index contributed by atoms with van der Waals surface area (Å²) in [4.78, 5) is 15.9. The Kier molecular flexibility index (Phi) is 3.91. The molecular weight excluding hydrogens is 226 g/mol. The van der Waals surface area contributed by atoms with Crippen LogP contribution in [0, 0.1) is 0 Å². The van der Waals surface area contributed by atoms with Crippen molar-refractivity contribution in [3.8, 4) is 0 Å². The molecule has 92 valence electrons. The molecule has 4 nitrogen and oxygen atoms in total. The minimum absolute atomic E-state index is 0.0569. The molecule has 2 rings (SSSR count). The van der Waals surface area contributed by atoms with Crippen molar-refractivity contribution in [3.63, 3.8) is 0 Å². The number of aryl methyl sites for hydroxylation is 1. The third-order valence-corrected chi connectivity index (χ3v) is 2.57. The van der Waals surface area contributed by atoms with Gasteiger partial charge in [0.05, 0.1) is 11.4 Å². The van der Waals surface area contributed by atoms with Crippen LogP contribution < -0.4 is 11.1 Å². The van der Waals surface area contributed by atoms with Crippen LogP contribution in [0.5, 0.6) is 0 Å². The molecule has 1 aromatic carbocycles. The molecule has 3 N–H and O–H groups in total. The minimum atomic E-state index is -0.0569.